The fourth-order valence-electron chi connectivity index (χ4n) is 4.17. The Morgan fingerprint density at radius 3 is 2.43 bits per heavy atom. The van der Waals surface area contributed by atoms with E-state index in [4.69, 9.17) is 0 Å². The van der Waals surface area contributed by atoms with Crippen molar-refractivity contribution in [3.63, 3.8) is 0 Å². The van der Waals surface area contributed by atoms with E-state index in [0.29, 0.717) is 5.69 Å². The number of imidazole rings is 1. The van der Waals surface area contributed by atoms with Crippen LogP contribution in [0, 0.1) is 0 Å². The van der Waals surface area contributed by atoms with Crippen LogP contribution in [-0.4, -0.2) is 9.13 Å². The van der Waals surface area contributed by atoms with Crippen LogP contribution < -0.4 is 4.40 Å². The molecule has 0 aliphatic heterocycles. The third kappa shape index (κ3) is 2.95. The van der Waals surface area contributed by atoms with E-state index in [-0.39, 0.29) is 0 Å². The van der Waals surface area contributed by atoms with Crippen LogP contribution in [0.15, 0.2) is 73.3 Å². The number of pyridine rings is 1. The van der Waals surface area contributed by atoms with Crippen LogP contribution in [0.1, 0.15) is 25.3 Å². The van der Waals surface area contributed by atoms with Crippen LogP contribution in [0.4, 0.5) is 13.2 Å². The van der Waals surface area contributed by atoms with E-state index in [2.05, 4.69) is 41.8 Å². The first-order valence-electron chi connectivity index (χ1n) is 10.1. The summed E-state index contributed by atoms with van der Waals surface area (Å²) in [6, 6.07) is 15.8. The lowest BCUT2D eigenvalue weighted by atomic mass is 10.2. The van der Waals surface area contributed by atoms with Crippen molar-refractivity contribution < 1.29 is 17.6 Å². The third-order valence-electron chi connectivity index (χ3n) is 5.67. The number of aromatic nitrogens is 3. The van der Waals surface area contributed by atoms with Gasteiger partial charge in [0.15, 0.2) is 5.52 Å². The summed E-state index contributed by atoms with van der Waals surface area (Å²) in [7, 11) is 0. The summed E-state index contributed by atoms with van der Waals surface area (Å²) in [5.41, 5.74) is 3.43. The van der Waals surface area contributed by atoms with E-state index in [1.807, 2.05) is 27.7 Å². The van der Waals surface area contributed by atoms with Gasteiger partial charge in [-0.3, -0.25) is 0 Å². The van der Waals surface area contributed by atoms with Gasteiger partial charge >= 0.3 is 6.18 Å². The van der Waals surface area contributed by atoms with E-state index in [0.717, 1.165) is 42.6 Å². The van der Waals surface area contributed by atoms with Crippen LogP contribution in [0.2, 0.25) is 0 Å². The number of hydrogen-bond acceptors (Lipinski definition) is 0. The number of nitrogens with zero attached hydrogens (tertiary/aromatic N) is 3. The molecule has 5 aromatic rings. The minimum Gasteiger partial charge on any atom is -0.337 e. The number of rotatable bonds is 4. The topological polar surface area (TPSA) is 14.0 Å². The molecule has 0 saturated carbocycles. The first-order chi connectivity index (χ1) is 14.5. The molecule has 0 saturated heterocycles. The summed E-state index contributed by atoms with van der Waals surface area (Å²) in [5.74, 6) is 0. The lowest BCUT2D eigenvalue weighted by Crippen LogP contribution is -2.18. The molecule has 0 fully saturated rings. The van der Waals surface area contributed by atoms with Crippen LogP contribution in [0.25, 0.3) is 33.0 Å². The van der Waals surface area contributed by atoms with Crippen LogP contribution in [0.3, 0.4) is 0 Å². The summed E-state index contributed by atoms with van der Waals surface area (Å²) in [6.45, 7) is 3.10. The van der Waals surface area contributed by atoms with Crippen molar-refractivity contribution in [2.75, 3.05) is 0 Å². The Bertz CT molecular complexity index is 1360. The van der Waals surface area contributed by atoms with Gasteiger partial charge in [0, 0.05) is 22.8 Å². The van der Waals surface area contributed by atoms with Gasteiger partial charge in [-0.1, -0.05) is 31.5 Å². The largest absolute Gasteiger partial charge is 0.416 e. The zero-order chi connectivity index (χ0) is 20.9. The Labute approximate surface area is 171 Å². The number of alkyl halides is 3. The number of benzene rings is 2. The van der Waals surface area contributed by atoms with Gasteiger partial charge in [0.2, 0.25) is 0 Å². The van der Waals surface area contributed by atoms with Gasteiger partial charge in [0.1, 0.15) is 17.4 Å². The van der Waals surface area contributed by atoms with Gasteiger partial charge in [0.05, 0.1) is 11.8 Å². The highest BCUT2D eigenvalue weighted by Crippen LogP contribution is 2.32. The van der Waals surface area contributed by atoms with Crippen molar-refractivity contribution in [1.29, 1.82) is 0 Å². The SMILES string of the molecule is CCCCn1c2ccccc2c2cc[n+]3cn(-c4ccc(C(F)(F)F)cc4)cc3c21. The molecule has 0 bridgehead atoms. The third-order valence-corrected chi connectivity index (χ3v) is 5.67. The van der Waals surface area contributed by atoms with Crippen molar-refractivity contribution in [3.8, 4) is 5.69 Å². The summed E-state index contributed by atoms with van der Waals surface area (Å²) in [4.78, 5) is 0. The molecule has 2 aromatic carbocycles. The van der Waals surface area contributed by atoms with Gasteiger partial charge in [-0.2, -0.15) is 13.2 Å². The van der Waals surface area contributed by atoms with Crippen molar-refractivity contribution >= 4 is 27.3 Å². The predicted molar refractivity (Wildman–Crippen MR) is 112 cm³/mol. The standard InChI is InChI=1S/C24H21F3N3/c1-2-3-13-30-21-7-5-4-6-19(21)20-12-14-28-16-29(15-22(28)23(20)30)18-10-8-17(9-11-18)24(25,26)27/h4-12,14-16H,2-3,13H2,1H3/q+1. The van der Waals surface area contributed by atoms with Crippen LogP contribution >= 0.6 is 0 Å². The number of hydrogen-bond donors (Lipinski definition) is 0. The lowest BCUT2D eigenvalue weighted by Gasteiger charge is -2.06. The molecule has 0 unspecified atom stereocenters. The van der Waals surface area contributed by atoms with Gasteiger partial charge in [0.25, 0.3) is 6.33 Å². The highest BCUT2D eigenvalue weighted by atomic mass is 19.4. The molecule has 0 amide bonds. The molecule has 5 rings (SSSR count). The number of unbranched alkanes of at least 4 members (excludes halogenated alkanes) is 1. The number of fused-ring (bicyclic) bond motifs is 5. The summed E-state index contributed by atoms with van der Waals surface area (Å²) in [6.07, 6.45) is 3.75. The van der Waals surface area contributed by atoms with Crippen molar-refractivity contribution in [2.24, 2.45) is 0 Å². The number of para-hydroxylation sites is 1. The average Bonchev–Trinajstić information content (AvgIpc) is 3.31. The normalized spacial score (nSPS) is 12.4. The first-order valence-corrected chi connectivity index (χ1v) is 10.1. The quantitative estimate of drug-likeness (QED) is 0.317. The fraction of sp³-hybridized carbons (Fsp3) is 0.208. The molecule has 3 aromatic heterocycles. The Kier molecular flexibility index (Phi) is 4.31. The second kappa shape index (κ2) is 6.90. The smallest absolute Gasteiger partial charge is 0.337 e. The first kappa shape index (κ1) is 18.7. The second-order valence-electron chi connectivity index (χ2n) is 7.59. The molecule has 0 spiro atoms. The highest BCUT2D eigenvalue weighted by Gasteiger charge is 2.30. The molecule has 0 atom stereocenters. The summed E-state index contributed by atoms with van der Waals surface area (Å²) in [5, 5.41) is 2.40. The van der Waals surface area contributed by atoms with Crippen molar-refractivity contribution in [3.05, 3.63) is 78.9 Å². The summed E-state index contributed by atoms with van der Waals surface area (Å²) < 4.78 is 45.0. The van der Waals surface area contributed by atoms with E-state index >= 15 is 0 Å². The average molecular weight is 408 g/mol. The Morgan fingerprint density at radius 1 is 0.933 bits per heavy atom. The number of halogens is 3. The molecular weight excluding hydrogens is 387 g/mol. The molecule has 0 N–H and O–H groups in total. The highest BCUT2D eigenvalue weighted by molar-refractivity contribution is 6.11. The molecule has 0 radical (unpaired) electrons. The maximum Gasteiger partial charge on any atom is 0.416 e. The Morgan fingerprint density at radius 2 is 1.70 bits per heavy atom. The molecule has 30 heavy (non-hydrogen) atoms. The van der Waals surface area contributed by atoms with Gasteiger partial charge in [-0.05, 0) is 42.8 Å². The lowest BCUT2D eigenvalue weighted by molar-refractivity contribution is -0.510. The van der Waals surface area contributed by atoms with E-state index < -0.39 is 11.7 Å². The van der Waals surface area contributed by atoms with E-state index in [9.17, 15) is 13.2 Å². The molecule has 152 valence electrons. The molecule has 6 heteroatoms. The zero-order valence-corrected chi connectivity index (χ0v) is 16.5. The zero-order valence-electron chi connectivity index (χ0n) is 16.5. The van der Waals surface area contributed by atoms with E-state index in [1.54, 1.807) is 0 Å². The molecular formula is C24H21F3N3+. The summed E-state index contributed by atoms with van der Waals surface area (Å²) >= 11 is 0. The van der Waals surface area contributed by atoms with Gasteiger partial charge in [-0.15, -0.1) is 0 Å². The second-order valence-corrected chi connectivity index (χ2v) is 7.59. The van der Waals surface area contributed by atoms with Crippen LogP contribution in [-0.2, 0) is 12.7 Å². The minimum absolute atomic E-state index is 0.641. The molecule has 3 heterocycles. The fourth-order valence-corrected chi connectivity index (χ4v) is 4.17. The Hall–Kier alpha value is -3.28. The van der Waals surface area contributed by atoms with Gasteiger partial charge < -0.3 is 4.57 Å². The monoisotopic (exact) mass is 408 g/mol. The maximum atomic E-state index is 12.9. The maximum absolute atomic E-state index is 12.9. The molecule has 0 aliphatic carbocycles. The predicted octanol–water partition coefficient (Wildman–Crippen LogP) is 6.14. The van der Waals surface area contributed by atoms with Crippen molar-refractivity contribution in [1.82, 2.24) is 9.13 Å². The number of aryl methyl sites for hydroxylation is 1. The van der Waals surface area contributed by atoms with Crippen LogP contribution in [0.5, 0.6) is 0 Å². The van der Waals surface area contributed by atoms with Crippen molar-refractivity contribution in [2.45, 2.75) is 32.5 Å². The van der Waals surface area contributed by atoms with Gasteiger partial charge in [-0.25, -0.2) is 8.97 Å². The molecule has 0 aliphatic rings. The minimum atomic E-state index is -4.33. The Balaban J connectivity index is 1.72. The van der Waals surface area contributed by atoms with E-state index in [1.165, 1.54) is 28.4 Å². The molecule has 3 nitrogen and oxygen atoms in total.